The molecule has 0 saturated heterocycles. The molecule has 2 N–H and O–H groups in total. The largest absolute Gasteiger partial charge is 0.496 e. The first-order valence-corrected chi connectivity index (χ1v) is 5.34. The van der Waals surface area contributed by atoms with Gasteiger partial charge < -0.3 is 15.2 Å². The average Bonchev–Trinajstić information content (AvgIpc) is 2.45. The summed E-state index contributed by atoms with van der Waals surface area (Å²) in [5.41, 5.74) is 6.63. The molecule has 1 aromatic carbocycles. The zero-order chi connectivity index (χ0) is 14.4. The Morgan fingerprint density at radius 3 is 2.63 bits per heavy atom. The zero-order valence-corrected chi connectivity index (χ0v) is 11.1. The highest BCUT2D eigenvalue weighted by molar-refractivity contribution is 6.01. The van der Waals surface area contributed by atoms with E-state index in [1.165, 1.54) is 19.3 Å². The van der Waals surface area contributed by atoms with Gasteiger partial charge in [-0.2, -0.15) is 10.2 Å². The van der Waals surface area contributed by atoms with Gasteiger partial charge in [0.1, 0.15) is 11.3 Å². The van der Waals surface area contributed by atoms with Gasteiger partial charge in [-0.05, 0) is 18.2 Å². The normalized spacial score (nSPS) is 10.8. The van der Waals surface area contributed by atoms with Crippen LogP contribution in [0, 0.1) is 0 Å². The molecule has 0 heterocycles. The quantitative estimate of drug-likeness (QED) is 0.365. The maximum atomic E-state index is 11.6. The minimum absolute atomic E-state index is 0.197. The van der Waals surface area contributed by atoms with Crippen LogP contribution in [-0.2, 0) is 4.74 Å². The number of methoxy groups -OCH3 is 2. The Bertz CT molecular complexity index is 514. The molecule has 0 amide bonds. The lowest BCUT2D eigenvalue weighted by atomic mass is 10.1. The van der Waals surface area contributed by atoms with E-state index in [1.54, 1.807) is 25.2 Å². The SMILES string of the molecule is C=NN(C)/N=C(\N)c1ccc(OC)c(C(=O)OC)c1. The molecule has 0 aliphatic heterocycles. The van der Waals surface area contributed by atoms with Gasteiger partial charge in [0.15, 0.2) is 5.84 Å². The predicted molar refractivity (Wildman–Crippen MR) is 72.4 cm³/mol. The average molecular weight is 264 g/mol. The first-order chi connectivity index (χ1) is 9.03. The first kappa shape index (κ1) is 14.5. The van der Waals surface area contributed by atoms with Crippen LogP contribution in [0.15, 0.2) is 28.4 Å². The number of esters is 1. The van der Waals surface area contributed by atoms with Crippen molar-refractivity contribution in [1.29, 1.82) is 0 Å². The molecule has 0 unspecified atom stereocenters. The lowest BCUT2D eigenvalue weighted by Crippen LogP contribution is -2.19. The smallest absolute Gasteiger partial charge is 0.341 e. The van der Waals surface area contributed by atoms with Crippen LogP contribution < -0.4 is 10.5 Å². The van der Waals surface area contributed by atoms with Crippen molar-refractivity contribution in [3.05, 3.63) is 29.3 Å². The Balaban J connectivity index is 3.21. The van der Waals surface area contributed by atoms with Crippen LogP contribution in [0.2, 0.25) is 0 Å². The standard InChI is InChI=1S/C12H16N4O3/c1-14-16(2)15-11(13)8-5-6-10(18-3)9(7-8)12(17)19-4/h5-7H,1H2,2-4H3,(H2,13,15). The summed E-state index contributed by atoms with van der Waals surface area (Å²) < 4.78 is 9.76. The van der Waals surface area contributed by atoms with Crippen molar-refractivity contribution < 1.29 is 14.3 Å². The van der Waals surface area contributed by atoms with Crippen molar-refractivity contribution in [2.24, 2.45) is 15.9 Å². The molecule has 0 aliphatic rings. The van der Waals surface area contributed by atoms with Crippen molar-refractivity contribution >= 4 is 18.5 Å². The third kappa shape index (κ3) is 3.44. The van der Waals surface area contributed by atoms with Gasteiger partial charge in [-0.25, -0.2) is 4.79 Å². The molecule has 7 heteroatoms. The number of carbonyl (C=O) groups is 1. The number of nitrogens with two attached hydrogens (primary N) is 1. The summed E-state index contributed by atoms with van der Waals surface area (Å²) in [5, 5.41) is 8.73. The third-order valence-corrected chi connectivity index (χ3v) is 2.36. The van der Waals surface area contributed by atoms with Crippen molar-refractivity contribution in [3.8, 4) is 5.75 Å². The van der Waals surface area contributed by atoms with Gasteiger partial charge in [-0.1, -0.05) is 0 Å². The molecule has 0 spiro atoms. The summed E-state index contributed by atoms with van der Waals surface area (Å²) in [5.74, 6) is 0.0861. The molecule has 102 valence electrons. The highest BCUT2D eigenvalue weighted by Gasteiger charge is 2.14. The van der Waals surface area contributed by atoms with E-state index in [2.05, 4.69) is 21.7 Å². The van der Waals surface area contributed by atoms with Crippen LogP contribution in [0.25, 0.3) is 0 Å². The minimum atomic E-state index is -0.512. The molecule has 0 radical (unpaired) electrons. The summed E-state index contributed by atoms with van der Waals surface area (Å²) in [7, 11) is 4.35. The number of rotatable bonds is 5. The molecule has 7 nitrogen and oxygen atoms in total. The molecule has 0 bridgehead atoms. The molecule has 1 aromatic rings. The van der Waals surface area contributed by atoms with Gasteiger partial charge in [-0.15, -0.1) is 5.10 Å². The van der Waals surface area contributed by atoms with Gasteiger partial charge in [-0.3, -0.25) is 0 Å². The van der Waals surface area contributed by atoms with Crippen LogP contribution in [0.1, 0.15) is 15.9 Å². The number of hydrazone groups is 2. The number of nitrogens with zero attached hydrogens (tertiary/aromatic N) is 3. The van der Waals surface area contributed by atoms with Crippen LogP contribution in [0.3, 0.4) is 0 Å². The van der Waals surface area contributed by atoms with Crippen molar-refractivity contribution in [2.75, 3.05) is 21.3 Å². The van der Waals surface area contributed by atoms with Gasteiger partial charge >= 0.3 is 5.97 Å². The van der Waals surface area contributed by atoms with Crippen molar-refractivity contribution in [3.63, 3.8) is 0 Å². The lowest BCUT2D eigenvalue weighted by Gasteiger charge is -2.10. The van der Waals surface area contributed by atoms with E-state index >= 15 is 0 Å². The predicted octanol–water partition coefficient (Wildman–Crippen LogP) is 0.649. The highest BCUT2D eigenvalue weighted by atomic mass is 16.5. The second-order valence-electron chi connectivity index (χ2n) is 3.52. The lowest BCUT2D eigenvalue weighted by molar-refractivity contribution is 0.0597. The Labute approximate surface area is 111 Å². The first-order valence-electron chi connectivity index (χ1n) is 5.34. The van der Waals surface area contributed by atoms with E-state index in [0.29, 0.717) is 11.3 Å². The maximum absolute atomic E-state index is 11.6. The van der Waals surface area contributed by atoms with Crippen LogP contribution >= 0.6 is 0 Å². The molecule has 0 fully saturated rings. The summed E-state index contributed by atoms with van der Waals surface area (Å²) in [6.07, 6.45) is 0. The highest BCUT2D eigenvalue weighted by Crippen LogP contribution is 2.20. The van der Waals surface area contributed by atoms with E-state index in [0.717, 1.165) is 0 Å². The number of hydrogen-bond donors (Lipinski definition) is 1. The van der Waals surface area contributed by atoms with E-state index in [1.807, 2.05) is 0 Å². The number of carbonyl (C=O) groups excluding carboxylic acids is 1. The number of ether oxygens (including phenoxy) is 2. The summed E-state index contributed by atoms with van der Waals surface area (Å²) in [6, 6.07) is 4.84. The second-order valence-corrected chi connectivity index (χ2v) is 3.52. The van der Waals surface area contributed by atoms with Crippen LogP contribution in [0.4, 0.5) is 0 Å². The molecule has 19 heavy (non-hydrogen) atoms. The molecular formula is C12H16N4O3. The fourth-order valence-electron chi connectivity index (χ4n) is 1.38. The Morgan fingerprint density at radius 2 is 2.11 bits per heavy atom. The Hall–Kier alpha value is -2.57. The zero-order valence-electron chi connectivity index (χ0n) is 11.1. The monoisotopic (exact) mass is 264 g/mol. The molecular weight excluding hydrogens is 248 g/mol. The van der Waals surface area contributed by atoms with Gasteiger partial charge in [0.2, 0.25) is 0 Å². The fourth-order valence-corrected chi connectivity index (χ4v) is 1.38. The molecule has 0 atom stereocenters. The van der Waals surface area contributed by atoms with Gasteiger partial charge in [0.25, 0.3) is 0 Å². The summed E-state index contributed by atoms with van der Waals surface area (Å²) in [4.78, 5) is 11.6. The number of amidine groups is 1. The Morgan fingerprint density at radius 1 is 1.42 bits per heavy atom. The molecule has 0 saturated carbocycles. The fraction of sp³-hybridized carbons (Fsp3) is 0.250. The van der Waals surface area contributed by atoms with Crippen molar-refractivity contribution in [2.45, 2.75) is 0 Å². The van der Waals surface area contributed by atoms with E-state index in [-0.39, 0.29) is 11.4 Å². The molecule has 0 aliphatic carbocycles. The summed E-state index contributed by atoms with van der Waals surface area (Å²) >= 11 is 0. The van der Waals surface area contributed by atoms with E-state index < -0.39 is 5.97 Å². The molecule has 1 rings (SSSR count). The topological polar surface area (TPSA) is 89.5 Å². The van der Waals surface area contributed by atoms with Crippen LogP contribution in [-0.4, -0.2) is 44.9 Å². The van der Waals surface area contributed by atoms with E-state index in [4.69, 9.17) is 10.5 Å². The van der Waals surface area contributed by atoms with Gasteiger partial charge in [0, 0.05) is 19.3 Å². The van der Waals surface area contributed by atoms with Crippen molar-refractivity contribution in [1.82, 2.24) is 5.12 Å². The minimum Gasteiger partial charge on any atom is -0.496 e. The second kappa shape index (κ2) is 6.39. The Kier molecular flexibility index (Phi) is 4.87. The maximum Gasteiger partial charge on any atom is 0.341 e. The number of benzene rings is 1. The summed E-state index contributed by atoms with van der Waals surface area (Å²) in [6.45, 7) is 3.31. The number of hydrogen-bond acceptors (Lipinski definition) is 6. The molecule has 0 aromatic heterocycles. The van der Waals surface area contributed by atoms with E-state index in [9.17, 15) is 4.79 Å². The van der Waals surface area contributed by atoms with Crippen LogP contribution in [0.5, 0.6) is 5.75 Å². The van der Waals surface area contributed by atoms with Gasteiger partial charge in [0.05, 0.1) is 14.2 Å². The third-order valence-electron chi connectivity index (χ3n) is 2.36.